The van der Waals surface area contributed by atoms with Gasteiger partial charge < -0.3 is 9.26 Å². The number of anilines is 1. The largest absolute Gasteiger partial charge is 0.441 e. The molecule has 0 radical (unpaired) electrons. The van der Waals surface area contributed by atoms with Gasteiger partial charge in [-0.2, -0.15) is 4.39 Å². The third-order valence-corrected chi connectivity index (χ3v) is 3.47. The van der Waals surface area contributed by atoms with Gasteiger partial charge in [-0.1, -0.05) is 60.7 Å². The Morgan fingerprint density at radius 3 is 2.42 bits per heavy atom. The van der Waals surface area contributed by atoms with Crippen molar-refractivity contribution in [3.8, 4) is 11.3 Å². The molecule has 122 valence electrons. The number of nitrogens with one attached hydrogen (secondary N) is 1. The summed E-state index contributed by atoms with van der Waals surface area (Å²) in [7, 11) is 0. The fourth-order valence-corrected chi connectivity index (χ4v) is 2.25. The molecule has 1 unspecified atom stereocenters. The van der Waals surface area contributed by atoms with Crippen LogP contribution in [0.25, 0.3) is 11.3 Å². The summed E-state index contributed by atoms with van der Waals surface area (Å²) in [5.41, 5.74) is 1.29. The molecule has 0 saturated heterocycles. The minimum atomic E-state index is -0.904. The molecule has 24 heavy (non-hydrogen) atoms. The lowest BCUT2D eigenvalue weighted by atomic mass is 10.1. The van der Waals surface area contributed by atoms with E-state index in [-0.39, 0.29) is 11.4 Å². The molecule has 3 aromatic rings. The molecule has 1 heterocycles. The summed E-state index contributed by atoms with van der Waals surface area (Å²) in [4.78, 5) is 12.1. The molecule has 0 aliphatic heterocycles. The maximum absolute atomic E-state index is 13.8. The molecule has 1 atom stereocenters. The van der Waals surface area contributed by atoms with Gasteiger partial charge in [-0.15, -0.1) is 0 Å². The van der Waals surface area contributed by atoms with Gasteiger partial charge in [0, 0.05) is 5.56 Å². The zero-order valence-electron chi connectivity index (χ0n) is 12.9. The van der Waals surface area contributed by atoms with E-state index in [2.05, 4.69) is 10.5 Å². The van der Waals surface area contributed by atoms with E-state index in [1.807, 2.05) is 36.4 Å². The average molecular weight is 326 g/mol. The lowest BCUT2D eigenvalue weighted by Gasteiger charge is -2.13. The van der Waals surface area contributed by atoms with Crippen molar-refractivity contribution in [2.45, 2.75) is 13.0 Å². The number of amides is 1. The number of ether oxygens (including phenoxy) is 1. The highest BCUT2D eigenvalue weighted by molar-refractivity contribution is 5.89. The number of carbonyl (C=O) groups excluding carboxylic acids is 1. The molecule has 3 rings (SSSR count). The predicted molar refractivity (Wildman–Crippen MR) is 86.9 cm³/mol. The highest BCUT2D eigenvalue weighted by Crippen LogP contribution is 2.30. The van der Waals surface area contributed by atoms with Crippen molar-refractivity contribution in [3.05, 3.63) is 72.2 Å². The standard InChI is InChI=1S/C18H15FN2O3/c1-12(13-8-4-2-5-9-13)23-18(22)20-15-16(24-21-17(15)19)14-10-6-3-7-11-14/h2-12H,1H3,(H,20,22). The van der Waals surface area contributed by atoms with Gasteiger partial charge >= 0.3 is 6.09 Å². The summed E-state index contributed by atoms with van der Waals surface area (Å²) < 4.78 is 24.1. The van der Waals surface area contributed by atoms with Crippen molar-refractivity contribution in [3.63, 3.8) is 0 Å². The quantitative estimate of drug-likeness (QED) is 0.748. The fraction of sp³-hybridized carbons (Fsp3) is 0.111. The van der Waals surface area contributed by atoms with E-state index in [1.165, 1.54) is 0 Å². The van der Waals surface area contributed by atoms with E-state index in [9.17, 15) is 9.18 Å². The Morgan fingerprint density at radius 2 is 1.75 bits per heavy atom. The van der Waals surface area contributed by atoms with E-state index in [4.69, 9.17) is 9.26 Å². The maximum atomic E-state index is 13.8. The molecule has 0 spiro atoms. The molecule has 0 bridgehead atoms. The van der Waals surface area contributed by atoms with E-state index < -0.39 is 18.1 Å². The van der Waals surface area contributed by atoms with Crippen molar-refractivity contribution in [2.75, 3.05) is 5.32 Å². The molecule has 2 aromatic carbocycles. The number of rotatable bonds is 4. The van der Waals surface area contributed by atoms with Gasteiger partial charge in [-0.25, -0.2) is 4.79 Å². The minimum absolute atomic E-state index is 0.136. The highest BCUT2D eigenvalue weighted by atomic mass is 19.1. The second-order valence-electron chi connectivity index (χ2n) is 5.13. The number of hydrogen-bond acceptors (Lipinski definition) is 4. The number of nitrogens with zero attached hydrogens (tertiary/aromatic N) is 1. The Morgan fingerprint density at radius 1 is 1.12 bits per heavy atom. The highest BCUT2D eigenvalue weighted by Gasteiger charge is 2.21. The second-order valence-corrected chi connectivity index (χ2v) is 5.13. The number of carbonyl (C=O) groups is 1. The van der Waals surface area contributed by atoms with Crippen LogP contribution in [0.1, 0.15) is 18.6 Å². The lowest BCUT2D eigenvalue weighted by molar-refractivity contribution is 0.121. The summed E-state index contributed by atoms with van der Waals surface area (Å²) in [5, 5.41) is 5.64. The molecule has 1 amide bonds. The smallest absolute Gasteiger partial charge is 0.412 e. The summed E-state index contributed by atoms with van der Waals surface area (Å²) >= 11 is 0. The number of benzene rings is 2. The van der Waals surface area contributed by atoms with E-state index in [0.717, 1.165) is 5.56 Å². The zero-order valence-corrected chi connectivity index (χ0v) is 12.9. The van der Waals surface area contributed by atoms with E-state index in [1.54, 1.807) is 31.2 Å². The molecule has 1 N–H and O–H groups in total. The van der Waals surface area contributed by atoms with Crippen LogP contribution in [0.3, 0.4) is 0 Å². The van der Waals surface area contributed by atoms with Gasteiger partial charge in [0.25, 0.3) is 5.95 Å². The van der Waals surface area contributed by atoms with Gasteiger partial charge in [0.05, 0.1) is 0 Å². The SMILES string of the molecule is CC(OC(=O)Nc1c(F)noc1-c1ccccc1)c1ccccc1. The molecule has 0 aliphatic rings. The van der Waals surface area contributed by atoms with Crippen LogP contribution < -0.4 is 5.32 Å². The first-order valence-corrected chi connectivity index (χ1v) is 7.38. The molecular formula is C18H15FN2O3. The molecule has 5 nitrogen and oxygen atoms in total. The summed E-state index contributed by atoms with van der Waals surface area (Å²) in [6.07, 6.45) is -1.26. The number of halogens is 1. The van der Waals surface area contributed by atoms with E-state index in [0.29, 0.717) is 5.56 Å². The summed E-state index contributed by atoms with van der Waals surface area (Å²) in [6.45, 7) is 1.73. The first-order chi connectivity index (χ1) is 11.6. The third kappa shape index (κ3) is 3.43. The van der Waals surface area contributed by atoms with Crippen LogP contribution in [-0.2, 0) is 4.74 Å². The normalized spacial score (nSPS) is 11.8. The molecule has 6 heteroatoms. The van der Waals surface area contributed by atoms with Gasteiger partial charge in [0.2, 0.25) is 0 Å². The topological polar surface area (TPSA) is 64.4 Å². The van der Waals surface area contributed by atoms with Crippen LogP contribution in [0.2, 0.25) is 0 Å². The van der Waals surface area contributed by atoms with Gasteiger partial charge in [-0.3, -0.25) is 5.32 Å². The summed E-state index contributed by atoms with van der Waals surface area (Å²) in [6, 6.07) is 18.1. The molecule has 0 aliphatic carbocycles. The van der Waals surface area contributed by atoms with E-state index >= 15 is 0 Å². The maximum Gasteiger partial charge on any atom is 0.412 e. The minimum Gasteiger partial charge on any atom is -0.441 e. The third-order valence-electron chi connectivity index (χ3n) is 3.47. The molecule has 0 fully saturated rings. The average Bonchev–Trinajstić information content (AvgIpc) is 2.97. The van der Waals surface area contributed by atoms with Gasteiger partial charge in [0.15, 0.2) is 5.76 Å². The Bertz CT molecular complexity index is 819. The van der Waals surface area contributed by atoms with Crippen molar-refractivity contribution < 1.29 is 18.4 Å². The first kappa shape index (κ1) is 15.7. The Balaban J connectivity index is 1.74. The van der Waals surface area contributed by atoms with Crippen molar-refractivity contribution in [2.24, 2.45) is 0 Å². The Kier molecular flexibility index (Phi) is 4.56. The van der Waals surface area contributed by atoms with Gasteiger partial charge in [0.1, 0.15) is 11.8 Å². The Labute approximate surface area is 138 Å². The van der Waals surface area contributed by atoms with Crippen molar-refractivity contribution >= 4 is 11.8 Å². The Hall–Kier alpha value is -3.15. The van der Waals surface area contributed by atoms with Crippen molar-refractivity contribution in [1.82, 2.24) is 5.16 Å². The number of hydrogen-bond donors (Lipinski definition) is 1. The molecule has 1 aromatic heterocycles. The zero-order chi connectivity index (χ0) is 16.9. The summed E-state index contributed by atoms with van der Waals surface area (Å²) in [5.74, 6) is -0.768. The van der Waals surface area contributed by atoms with Crippen LogP contribution in [0.15, 0.2) is 65.2 Å². The van der Waals surface area contributed by atoms with Crippen LogP contribution in [-0.4, -0.2) is 11.2 Å². The van der Waals surface area contributed by atoms with Crippen LogP contribution >= 0.6 is 0 Å². The van der Waals surface area contributed by atoms with Crippen LogP contribution in [0.4, 0.5) is 14.9 Å². The fourth-order valence-electron chi connectivity index (χ4n) is 2.25. The molecular weight excluding hydrogens is 311 g/mol. The van der Waals surface area contributed by atoms with Crippen LogP contribution in [0, 0.1) is 5.95 Å². The first-order valence-electron chi connectivity index (χ1n) is 7.38. The van der Waals surface area contributed by atoms with Crippen LogP contribution in [0.5, 0.6) is 0 Å². The molecule has 0 saturated carbocycles. The predicted octanol–water partition coefficient (Wildman–Crippen LogP) is 4.79. The monoisotopic (exact) mass is 326 g/mol. The second kappa shape index (κ2) is 6.95. The lowest BCUT2D eigenvalue weighted by Crippen LogP contribution is -2.16. The van der Waals surface area contributed by atoms with Crippen molar-refractivity contribution in [1.29, 1.82) is 0 Å². The van der Waals surface area contributed by atoms with Gasteiger partial charge in [-0.05, 0) is 17.6 Å². The number of aromatic nitrogens is 1.